The number of nitrogens with one attached hydrogen (secondary N) is 2. The molecule has 1 aromatic carbocycles. The minimum absolute atomic E-state index is 0. The van der Waals surface area contributed by atoms with Crippen molar-refractivity contribution < 1.29 is 18.6 Å². The van der Waals surface area contributed by atoms with Crippen LogP contribution in [0.3, 0.4) is 0 Å². The van der Waals surface area contributed by atoms with Gasteiger partial charge in [0, 0.05) is 45.3 Å². The molecule has 1 saturated heterocycles. The summed E-state index contributed by atoms with van der Waals surface area (Å²) < 4.78 is 28.8. The van der Waals surface area contributed by atoms with E-state index in [2.05, 4.69) is 44.0 Å². The molecule has 0 radical (unpaired) electrons. The minimum Gasteiger partial charge on any atom is -0.435 e. The number of benzene rings is 1. The van der Waals surface area contributed by atoms with Gasteiger partial charge in [-0.2, -0.15) is 8.78 Å². The lowest BCUT2D eigenvalue weighted by Gasteiger charge is -2.37. The summed E-state index contributed by atoms with van der Waals surface area (Å²) in [5.41, 5.74) is 0.613. The van der Waals surface area contributed by atoms with Gasteiger partial charge in [0.25, 0.3) is 0 Å². The predicted molar refractivity (Wildman–Crippen MR) is 131 cm³/mol. The lowest BCUT2D eigenvalue weighted by atomic mass is 10.1. The summed E-state index contributed by atoms with van der Waals surface area (Å²) in [6, 6.07) is 6.33. The molecule has 0 bridgehead atoms. The number of piperazine rings is 1. The number of likely N-dealkylation sites (N-methyl/N-ethyl adjacent to an activating group) is 1. The predicted octanol–water partition coefficient (Wildman–Crippen LogP) is 2.52. The van der Waals surface area contributed by atoms with Crippen molar-refractivity contribution >= 4 is 29.9 Å². The molecule has 178 valence electrons. The number of hydrogen-bond acceptors (Lipinski definition) is 5. The fourth-order valence-electron chi connectivity index (χ4n) is 3.38. The Morgan fingerprint density at radius 1 is 1.13 bits per heavy atom. The minimum atomic E-state index is -2.86. The highest BCUT2D eigenvalue weighted by Gasteiger charge is 2.20. The Kier molecular flexibility index (Phi) is 13.2. The number of aliphatic imine (C=N–C) groups is 1. The van der Waals surface area contributed by atoms with Crippen molar-refractivity contribution in [1.29, 1.82) is 0 Å². The number of halogens is 3. The van der Waals surface area contributed by atoms with Crippen molar-refractivity contribution in [3.05, 3.63) is 29.8 Å². The van der Waals surface area contributed by atoms with Crippen LogP contribution in [0.1, 0.15) is 32.4 Å². The van der Waals surface area contributed by atoms with E-state index in [1.54, 1.807) is 12.1 Å². The molecule has 1 fully saturated rings. The van der Waals surface area contributed by atoms with Crippen molar-refractivity contribution in [3.63, 3.8) is 0 Å². The molecule has 1 aliphatic heterocycles. The number of alkyl halides is 2. The monoisotopic (exact) mass is 555 g/mol. The van der Waals surface area contributed by atoms with Gasteiger partial charge in [0.05, 0.1) is 12.6 Å². The average Bonchev–Trinajstić information content (AvgIpc) is 2.75. The number of rotatable bonds is 10. The average molecular weight is 555 g/mol. The number of nitrogens with zero attached hydrogens (tertiary/aromatic N) is 3. The van der Waals surface area contributed by atoms with Gasteiger partial charge in [0.15, 0.2) is 5.96 Å². The third-order valence-corrected chi connectivity index (χ3v) is 5.29. The van der Waals surface area contributed by atoms with Gasteiger partial charge in [-0.1, -0.05) is 19.1 Å². The van der Waals surface area contributed by atoms with Gasteiger partial charge in [-0.05, 0) is 38.1 Å². The Balaban J connectivity index is 0.00000480. The molecule has 7 nitrogen and oxygen atoms in total. The quantitative estimate of drug-likeness (QED) is 0.234. The van der Waals surface area contributed by atoms with Crippen molar-refractivity contribution in [2.75, 3.05) is 52.4 Å². The summed E-state index contributed by atoms with van der Waals surface area (Å²) in [6.45, 7) is 10.5. The fourth-order valence-corrected chi connectivity index (χ4v) is 3.38. The van der Waals surface area contributed by atoms with Gasteiger partial charge in [-0.15, -0.1) is 24.0 Å². The highest BCUT2D eigenvalue weighted by molar-refractivity contribution is 14.0. The van der Waals surface area contributed by atoms with Crippen LogP contribution in [0.4, 0.5) is 8.78 Å². The second-order valence-electron chi connectivity index (χ2n) is 7.38. The molecule has 0 amide bonds. The number of guanidine groups is 1. The summed E-state index contributed by atoms with van der Waals surface area (Å²) in [7, 11) is 0. The molecule has 2 rings (SSSR count). The van der Waals surface area contributed by atoms with Crippen molar-refractivity contribution in [2.45, 2.75) is 39.5 Å². The van der Waals surface area contributed by atoms with Crippen LogP contribution < -0.4 is 15.4 Å². The topological polar surface area (TPSA) is 72.4 Å². The lowest BCUT2D eigenvalue weighted by molar-refractivity contribution is -0.0498. The van der Waals surface area contributed by atoms with E-state index in [-0.39, 0.29) is 36.3 Å². The van der Waals surface area contributed by atoms with Crippen LogP contribution in [0, 0.1) is 0 Å². The molecule has 1 heterocycles. The number of aliphatic hydroxyl groups is 1. The molecule has 1 aliphatic rings. The van der Waals surface area contributed by atoms with E-state index in [1.165, 1.54) is 12.1 Å². The normalized spacial score (nSPS) is 17.7. The van der Waals surface area contributed by atoms with Gasteiger partial charge in [-0.25, -0.2) is 0 Å². The van der Waals surface area contributed by atoms with E-state index in [0.29, 0.717) is 30.7 Å². The van der Waals surface area contributed by atoms with Crippen molar-refractivity contribution in [2.24, 2.45) is 4.99 Å². The Hall–Kier alpha value is -1.24. The zero-order chi connectivity index (χ0) is 21.9. The second kappa shape index (κ2) is 14.8. The van der Waals surface area contributed by atoms with E-state index in [1.807, 2.05) is 6.92 Å². The maximum absolute atomic E-state index is 12.2. The first-order valence-corrected chi connectivity index (χ1v) is 10.6. The van der Waals surface area contributed by atoms with E-state index >= 15 is 0 Å². The van der Waals surface area contributed by atoms with Crippen LogP contribution in [-0.4, -0.2) is 85.9 Å². The number of aliphatic hydroxyl groups excluding tert-OH is 1. The maximum Gasteiger partial charge on any atom is 0.387 e. The first kappa shape index (κ1) is 27.8. The highest BCUT2D eigenvalue weighted by atomic mass is 127. The number of ether oxygens (including phenoxy) is 1. The van der Waals surface area contributed by atoms with Gasteiger partial charge in [0.2, 0.25) is 0 Å². The van der Waals surface area contributed by atoms with Gasteiger partial charge in [-0.3, -0.25) is 9.89 Å². The van der Waals surface area contributed by atoms with Crippen LogP contribution >= 0.6 is 24.0 Å². The first-order valence-electron chi connectivity index (χ1n) is 10.6. The Bertz CT molecular complexity index is 643. The van der Waals surface area contributed by atoms with E-state index in [4.69, 9.17) is 0 Å². The van der Waals surface area contributed by atoms with Gasteiger partial charge < -0.3 is 25.4 Å². The number of hydrogen-bond donors (Lipinski definition) is 3. The molecule has 0 spiro atoms. The molecule has 0 aliphatic carbocycles. The molecule has 1 aromatic rings. The molecule has 2 atom stereocenters. The third kappa shape index (κ3) is 9.84. The van der Waals surface area contributed by atoms with E-state index in [0.717, 1.165) is 32.7 Å². The molecule has 3 N–H and O–H groups in total. The molecular weight excluding hydrogens is 519 g/mol. The lowest BCUT2D eigenvalue weighted by Crippen LogP contribution is -2.50. The van der Waals surface area contributed by atoms with Crippen LogP contribution in [0.25, 0.3) is 0 Å². The van der Waals surface area contributed by atoms with Gasteiger partial charge >= 0.3 is 6.61 Å². The van der Waals surface area contributed by atoms with Crippen molar-refractivity contribution in [3.8, 4) is 5.75 Å². The summed E-state index contributed by atoms with van der Waals surface area (Å²) >= 11 is 0. The summed E-state index contributed by atoms with van der Waals surface area (Å²) in [6.07, 6.45) is -0.797. The zero-order valence-corrected chi connectivity index (χ0v) is 20.9. The Morgan fingerprint density at radius 2 is 1.77 bits per heavy atom. The molecule has 31 heavy (non-hydrogen) atoms. The van der Waals surface area contributed by atoms with Gasteiger partial charge in [0.1, 0.15) is 5.75 Å². The summed E-state index contributed by atoms with van der Waals surface area (Å²) in [5, 5.41) is 16.7. The van der Waals surface area contributed by atoms with Crippen molar-refractivity contribution in [1.82, 2.24) is 20.4 Å². The highest BCUT2D eigenvalue weighted by Crippen LogP contribution is 2.19. The van der Waals surface area contributed by atoms with Crippen LogP contribution in [0.5, 0.6) is 5.75 Å². The standard InChI is InChI=1S/C21H35F2N5O2.HI/c1-4-24-21(25-14-16(3)28-12-10-27(5-2)11-13-28)26-15-19(29)17-6-8-18(9-7-17)30-20(22)23;/h6-9,16,19-20,29H,4-5,10-15H2,1-3H3,(H2,24,25,26);1H. The maximum atomic E-state index is 12.2. The fraction of sp³-hybridized carbons (Fsp3) is 0.667. The summed E-state index contributed by atoms with van der Waals surface area (Å²) in [5.74, 6) is 0.714. The zero-order valence-electron chi connectivity index (χ0n) is 18.6. The van der Waals surface area contributed by atoms with Crippen LogP contribution in [-0.2, 0) is 0 Å². The first-order chi connectivity index (χ1) is 14.4. The smallest absolute Gasteiger partial charge is 0.387 e. The Labute approximate surface area is 201 Å². The molecule has 0 aromatic heterocycles. The molecule has 0 saturated carbocycles. The largest absolute Gasteiger partial charge is 0.435 e. The summed E-state index contributed by atoms with van der Waals surface area (Å²) in [4.78, 5) is 9.57. The van der Waals surface area contributed by atoms with Crippen LogP contribution in [0.2, 0.25) is 0 Å². The van der Waals surface area contributed by atoms with E-state index < -0.39 is 12.7 Å². The SMILES string of the molecule is CCNC(=NCC(C)N1CCN(CC)CC1)NCC(O)c1ccc(OC(F)F)cc1.I. The molecule has 10 heteroatoms. The molecular formula is C21H36F2IN5O2. The Morgan fingerprint density at radius 3 is 2.32 bits per heavy atom. The second-order valence-corrected chi connectivity index (χ2v) is 7.38. The molecule has 2 unspecified atom stereocenters. The van der Waals surface area contributed by atoms with Crippen LogP contribution in [0.15, 0.2) is 29.3 Å². The third-order valence-electron chi connectivity index (χ3n) is 5.29. The van der Waals surface area contributed by atoms with E-state index in [9.17, 15) is 13.9 Å².